The molecule has 0 aliphatic heterocycles. The smallest absolute Gasteiger partial charge is 0.313 e. The van der Waals surface area contributed by atoms with E-state index in [1.54, 1.807) is 0 Å². The lowest BCUT2D eigenvalue weighted by Gasteiger charge is -2.09. The van der Waals surface area contributed by atoms with E-state index in [1.165, 1.54) is 12.1 Å². The maximum atomic E-state index is 10.8. The van der Waals surface area contributed by atoms with Crippen LogP contribution in [0.15, 0.2) is 28.8 Å². The van der Waals surface area contributed by atoms with Crippen molar-refractivity contribution in [1.82, 2.24) is 0 Å². The molecule has 7 heteroatoms. The van der Waals surface area contributed by atoms with Crippen molar-refractivity contribution in [3.05, 3.63) is 43.9 Å². The number of nitro benzene ring substituents is 1. The third-order valence-corrected chi connectivity index (χ3v) is 2.70. The largest absolute Gasteiger partial charge is 0.481 e. The quantitative estimate of drug-likeness (QED) is 0.514. The predicted molar refractivity (Wildman–Crippen MR) is 69.5 cm³/mol. The van der Waals surface area contributed by atoms with E-state index >= 15 is 0 Å². The predicted octanol–water partition coefficient (Wildman–Crippen LogP) is 2.90. The van der Waals surface area contributed by atoms with Gasteiger partial charge in [-0.2, -0.15) is 0 Å². The van der Waals surface area contributed by atoms with E-state index in [0.717, 1.165) is 0 Å². The van der Waals surface area contributed by atoms with Crippen molar-refractivity contribution in [2.75, 3.05) is 13.2 Å². The van der Waals surface area contributed by atoms with Crippen molar-refractivity contribution in [2.45, 2.75) is 0 Å². The van der Waals surface area contributed by atoms with Gasteiger partial charge in [-0.25, -0.2) is 0 Å². The lowest BCUT2D eigenvalue weighted by atomic mass is 10.3. The van der Waals surface area contributed by atoms with E-state index in [-0.39, 0.29) is 29.6 Å². The molecule has 0 heterocycles. The van der Waals surface area contributed by atoms with Gasteiger partial charge in [-0.1, -0.05) is 18.2 Å². The summed E-state index contributed by atoms with van der Waals surface area (Å²) in [4.78, 5) is 10.3. The first kappa shape index (κ1) is 14.0. The summed E-state index contributed by atoms with van der Waals surface area (Å²) in [6, 6.07) is 2.75. The molecule has 0 fully saturated rings. The summed E-state index contributed by atoms with van der Waals surface area (Å²) in [6.07, 6.45) is 0. The number of rotatable bonds is 5. The molecule has 0 unspecified atom stereocenters. The van der Waals surface area contributed by atoms with Gasteiger partial charge in [-0.15, -0.1) is 0 Å². The molecule has 1 aromatic carbocycles. The highest BCUT2D eigenvalue weighted by molar-refractivity contribution is 9.10. The summed E-state index contributed by atoms with van der Waals surface area (Å²) < 4.78 is 5.73. The summed E-state index contributed by atoms with van der Waals surface area (Å²) in [5.41, 5.74) is 5.79. The van der Waals surface area contributed by atoms with Crippen LogP contribution in [0.5, 0.6) is 5.75 Å². The number of hydrogen-bond acceptors (Lipinski definition) is 4. The average molecular weight is 322 g/mol. The highest BCUT2D eigenvalue weighted by atomic mass is 79.9. The van der Waals surface area contributed by atoms with Crippen molar-refractivity contribution in [2.24, 2.45) is 5.73 Å². The van der Waals surface area contributed by atoms with Crippen LogP contribution in [-0.2, 0) is 0 Å². The number of nitrogens with two attached hydrogens (primary N) is 1. The Labute approximate surface area is 111 Å². The van der Waals surface area contributed by atoms with Crippen molar-refractivity contribution < 1.29 is 9.66 Å². The normalized spacial score (nSPS) is 10.1. The number of benzene rings is 1. The van der Waals surface area contributed by atoms with E-state index in [1.807, 2.05) is 0 Å². The molecule has 0 atom stereocenters. The fourth-order valence-electron chi connectivity index (χ4n) is 1.06. The van der Waals surface area contributed by atoms with Crippen molar-refractivity contribution >= 4 is 33.2 Å². The molecule has 0 saturated heterocycles. The molecule has 0 spiro atoms. The Morgan fingerprint density at radius 2 is 2.29 bits per heavy atom. The van der Waals surface area contributed by atoms with Crippen LogP contribution < -0.4 is 10.5 Å². The molecule has 5 nitrogen and oxygen atoms in total. The topological polar surface area (TPSA) is 78.4 Å². The Bertz CT molecular complexity index is 465. The van der Waals surface area contributed by atoms with E-state index in [2.05, 4.69) is 22.5 Å². The van der Waals surface area contributed by atoms with Gasteiger partial charge in [-0.05, 0) is 27.6 Å². The third-order valence-electron chi connectivity index (χ3n) is 1.89. The van der Waals surface area contributed by atoms with Gasteiger partial charge in [0.1, 0.15) is 6.61 Å². The zero-order chi connectivity index (χ0) is 13.0. The second-order valence-electron chi connectivity index (χ2n) is 3.24. The number of nitrogens with zero attached hydrogens (tertiary/aromatic N) is 1. The van der Waals surface area contributed by atoms with Gasteiger partial charge in [0.25, 0.3) is 0 Å². The first-order chi connectivity index (χ1) is 7.95. The van der Waals surface area contributed by atoms with Gasteiger partial charge in [0, 0.05) is 17.6 Å². The molecule has 2 N–H and O–H groups in total. The van der Waals surface area contributed by atoms with Gasteiger partial charge in [-0.3, -0.25) is 10.1 Å². The molecule has 1 rings (SSSR count). The van der Waals surface area contributed by atoms with E-state index in [4.69, 9.17) is 22.1 Å². The summed E-state index contributed by atoms with van der Waals surface area (Å²) in [5.74, 6) is 0.119. The molecular weight excluding hydrogens is 311 g/mol. The van der Waals surface area contributed by atoms with Crippen LogP contribution in [0.1, 0.15) is 0 Å². The molecular formula is C10H10BrClN2O3. The van der Waals surface area contributed by atoms with E-state index < -0.39 is 4.92 Å². The maximum absolute atomic E-state index is 10.8. The SMILES string of the molecule is C=C(CN)COc1c(Br)cc(Cl)cc1[N+](=O)[O-]. The van der Waals surface area contributed by atoms with Crippen LogP contribution >= 0.6 is 27.5 Å². The van der Waals surface area contributed by atoms with Crippen molar-refractivity contribution in [3.8, 4) is 5.75 Å². The Morgan fingerprint density at radius 1 is 1.65 bits per heavy atom. The minimum absolute atomic E-state index is 0.119. The second-order valence-corrected chi connectivity index (χ2v) is 4.53. The van der Waals surface area contributed by atoms with Gasteiger partial charge >= 0.3 is 5.69 Å². The van der Waals surface area contributed by atoms with Crippen LogP contribution in [0.25, 0.3) is 0 Å². The van der Waals surface area contributed by atoms with Crippen molar-refractivity contribution in [1.29, 1.82) is 0 Å². The standard InChI is InChI=1S/C10H10BrClN2O3/c1-6(4-13)5-17-10-8(11)2-7(12)3-9(10)14(15)16/h2-3H,1,4-5,13H2. The summed E-state index contributed by atoms with van der Waals surface area (Å²) >= 11 is 8.89. The number of hydrogen-bond donors (Lipinski definition) is 1. The van der Waals surface area contributed by atoms with Crippen molar-refractivity contribution in [3.63, 3.8) is 0 Å². The minimum Gasteiger partial charge on any atom is -0.481 e. The van der Waals surface area contributed by atoms with Crippen LogP contribution in [0.2, 0.25) is 5.02 Å². The maximum Gasteiger partial charge on any atom is 0.313 e. The van der Waals surface area contributed by atoms with Crippen LogP contribution in [0.3, 0.4) is 0 Å². The zero-order valence-corrected chi connectivity index (χ0v) is 11.1. The van der Waals surface area contributed by atoms with Gasteiger partial charge in [0.05, 0.1) is 9.40 Å². The van der Waals surface area contributed by atoms with Crippen LogP contribution in [0.4, 0.5) is 5.69 Å². The summed E-state index contributed by atoms with van der Waals surface area (Å²) in [5, 5.41) is 11.1. The van der Waals surface area contributed by atoms with Crippen LogP contribution in [-0.4, -0.2) is 18.1 Å². The van der Waals surface area contributed by atoms with E-state index in [0.29, 0.717) is 10.0 Å². The lowest BCUT2D eigenvalue weighted by Crippen LogP contribution is -2.10. The molecule has 17 heavy (non-hydrogen) atoms. The average Bonchev–Trinajstić information content (AvgIpc) is 2.26. The Balaban J connectivity index is 3.04. The number of nitro groups is 1. The van der Waals surface area contributed by atoms with Gasteiger partial charge in [0.15, 0.2) is 0 Å². The number of halogens is 2. The van der Waals surface area contributed by atoms with Crippen LogP contribution in [0, 0.1) is 10.1 Å². The highest BCUT2D eigenvalue weighted by Gasteiger charge is 2.20. The molecule has 0 amide bonds. The monoisotopic (exact) mass is 320 g/mol. The highest BCUT2D eigenvalue weighted by Crippen LogP contribution is 2.37. The number of ether oxygens (including phenoxy) is 1. The summed E-state index contributed by atoms with van der Waals surface area (Å²) in [7, 11) is 0. The third kappa shape index (κ3) is 3.69. The van der Waals surface area contributed by atoms with E-state index in [9.17, 15) is 10.1 Å². The first-order valence-corrected chi connectivity index (χ1v) is 5.75. The molecule has 0 radical (unpaired) electrons. The minimum atomic E-state index is -0.558. The van der Waals surface area contributed by atoms with Gasteiger partial charge < -0.3 is 10.5 Å². The second kappa shape index (κ2) is 6.00. The molecule has 92 valence electrons. The lowest BCUT2D eigenvalue weighted by molar-refractivity contribution is -0.385. The molecule has 0 saturated carbocycles. The van der Waals surface area contributed by atoms with Gasteiger partial charge in [0.2, 0.25) is 5.75 Å². The molecule has 1 aromatic rings. The zero-order valence-electron chi connectivity index (χ0n) is 8.78. The molecule has 0 aromatic heterocycles. The fraction of sp³-hybridized carbons (Fsp3) is 0.200. The molecule has 0 aliphatic carbocycles. The Hall–Kier alpha value is -1.11. The molecule has 0 aliphatic rings. The molecule has 0 bridgehead atoms. The Kier molecular flexibility index (Phi) is 4.92. The Morgan fingerprint density at radius 3 is 2.82 bits per heavy atom. The first-order valence-electron chi connectivity index (χ1n) is 4.58. The fourth-order valence-corrected chi connectivity index (χ4v) is 1.97. The summed E-state index contributed by atoms with van der Waals surface area (Å²) in [6.45, 7) is 4.03.